The monoisotopic (exact) mass is 406 g/mol. The summed E-state index contributed by atoms with van der Waals surface area (Å²) in [5, 5.41) is 25.1. The van der Waals surface area contributed by atoms with Crippen molar-refractivity contribution >= 4 is 5.91 Å². The number of benzene rings is 1. The Kier molecular flexibility index (Phi) is 15.2. The van der Waals surface area contributed by atoms with Gasteiger partial charge in [-0.05, 0) is 12.5 Å². The summed E-state index contributed by atoms with van der Waals surface area (Å²) in [4.78, 5) is 12.2. The Morgan fingerprint density at radius 2 is 1.45 bits per heavy atom. The highest BCUT2D eigenvalue weighted by molar-refractivity contribution is 5.81. The van der Waals surface area contributed by atoms with Crippen LogP contribution in [0.25, 0.3) is 0 Å². The summed E-state index contributed by atoms with van der Waals surface area (Å²) < 4.78 is 0. The second kappa shape index (κ2) is 17.3. The Bertz CT molecular complexity index is 537. The van der Waals surface area contributed by atoms with Crippen LogP contribution in [0.2, 0.25) is 0 Å². The molecule has 0 aliphatic heterocycles. The van der Waals surface area contributed by atoms with E-state index in [1.165, 1.54) is 64.2 Å². The average Bonchev–Trinajstić information content (AvgIpc) is 2.73. The topological polar surface area (TPSA) is 81.6 Å². The van der Waals surface area contributed by atoms with Crippen LogP contribution in [-0.2, 0) is 11.3 Å². The number of carbonyl (C=O) groups excluding carboxylic acids is 1. The van der Waals surface area contributed by atoms with Gasteiger partial charge < -0.3 is 15.5 Å². The molecule has 5 heteroatoms. The molecule has 1 aromatic carbocycles. The van der Waals surface area contributed by atoms with Crippen LogP contribution in [0.1, 0.15) is 89.5 Å². The number of rotatable bonds is 18. The third-order valence-corrected chi connectivity index (χ3v) is 5.36. The maximum Gasteiger partial charge on any atom is 0.239 e. The zero-order chi connectivity index (χ0) is 21.2. The number of aliphatic hydroxyl groups is 1. The highest BCUT2D eigenvalue weighted by Crippen LogP contribution is 2.15. The van der Waals surface area contributed by atoms with E-state index in [0.717, 1.165) is 12.8 Å². The fraction of sp³-hybridized carbons (Fsp3) is 0.708. The molecule has 1 amide bonds. The van der Waals surface area contributed by atoms with Gasteiger partial charge >= 0.3 is 0 Å². The van der Waals surface area contributed by atoms with Gasteiger partial charge in [-0.1, -0.05) is 95.8 Å². The maximum absolute atomic E-state index is 12.2. The SMILES string of the molecule is CCCCCCCCCCCCCCNC(=O)[C@H](CO)NCc1ccccc1O. The minimum Gasteiger partial charge on any atom is -0.508 e. The Balaban J connectivity index is 2.00. The molecule has 1 rings (SSSR count). The van der Waals surface area contributed by atoms with Gasteiger partial charge in [-0.15, -0.1) is 0 Å². The molecule has 1 atom stereocenters. The molecule has 0 fully saturated rings. The van der Waals surface area contributed by atoms with Gasteiger partial charge in [0.25, 0.3) is 0 Å². The van der Waals surface area contributed by atoms with E-state index in [2.05, 4.69) is 17.6 Å². The first kappa shape index (κ1) is 25.4. The van der Waals surface area contributed by atoms with Gasteiger partial charge in [0.2, 0.25) is 5.91 Å². The van der Waals surface area contributed by atoms with Crippen molar-refractivity contribution in [3.8, 4) is 5.75 Å². The van der Waals surface area contributed by atoms with Crippen molar-refractivity contribution < 1.29 is 15.0 Å². The van der Waals surface area contributed by atoms with Crippen LogP contribution >= 0.6 is 0 Å². The molecule has 0 unspecified atom stereocenters. The van der Waals surface area contributed by atoms with Crippen molar-refractivity contribution in [3.05, 3.63) is 29.8 Å². The minimum atomic E-state index is -0.660. The summed E-state index contributed by atoms with van der Waals surface area (Å²) in [6.45, 7) is 2.97. The second-order valence-corrected chi connectivity index (χ2v) is 7.92. The smallest absolute Gasteiger partial charge is 0.239 e. The number of phenols is 1. The van der Waals surface area contributed by atoms with Gasteiger partial charge in [-0.3, -0.25) is 10.1 Å². The van der Waals surface area contributed by atoms with Gasteiger partial charge in [0, 0.05) is 18.7 Å². The number of aromatic hydroxyl groups is 1. The van der Waals surface area contributed by atoms with E-state index >= 15 is 0 Å². The van der Waals surface area contributed by atoms with Gasteiger partial charge in [-0.25, -0.2) is 0 Å². The minimum absolute atomic E-state index is 0.189. The largest absolute Gasteiger partial charge is 0.508 e. The molecule has 0 saturated carbocycles. The number of unbranched alkanes of at least 4 members (excludes halogenated alkanes) is 11. The van der Waals surface area contributed by atoms with Crippen molar-refractivity contribution in [2.24, 2.45) is 0 Å². The molecule has 0 radical (unpaired) electrons. The van der Waals surface area contributed by atoms with Crippen LogP contribution in [0.3, 0.4) is 0 Å². The number of phenolic OH excluding ortho intramolecular Hbond substituents is 1. The first-order valence-electron chi connectivity index (χ1n) is 11.6. The third kappa shape index (κ3) is 12.6. The van der Waals surface area contributed by atoms with E-state index in [1.807, 2.05) is 6.07 Å². The van der Waals surface area contributed by atoms with Crippen LogP contribution in [-0.4, -0.2) is 35.3 Å². The summed E-state index contributed by atoms with van der Waals surface area (Å²) in [7, 11) is 0. The average molecular weight is 407 g/mol. The lowest BCUT2D eigenvalue weighted by Crippen LogP contribution is -2.46. The predicted molar refractivity (Wildman–Crippen MR) is 120 cm³/mol. The number of para-hydroxylation sites is 1. The van der Waals surface area contributed by atoms with Crippen molar-refractivity contribution in [1.82, 2.24) is 10.6 Å². The Labute approximate surface area is 177 Å². The number of aliphatic hydroxyl groups excluding tert-OH is 1. The first-order chi connectivity index (χ1) is 14.2. The maximum atomic E-state index is 12.2. The number of hydrogen-bond donors (Lipinski definition) is 4. The van der Waals surface area contributed by atoms with Crippen molar-refractivity contribution in [2.75, 3.05) is 13.2 Å². The highest BCUT2D eigenvalue weighted by Gasteiger charge is 2.16. The van der Waals surface area contributed by atoms with Crippen LogP contribution in [0, 0.1) is 0 Å². The standard InChI is InChI=1S/C24H42N2O3/c1-2-3-4-5-6-7-8-9-10-11-12-15-18-25-24(29)22(20-27)26-19-21-16-13-14-17-23(21)28/h13-14,16-17,22,26-28H,2-12,15,18-20H2,1H3,(H,25,29)/t22-/m0/s1. The van der Waals surface area contributed by atoms with Crippen molar-refractivity contribution in [1.29, 1.82) is 0 Å². The summed E-state index contributed by atoms with van der Waals surface area (Å²) >= 11 is 0. The number of nitrogens with one attached hydrogen (secondary N) is 2. The number of carbonyl (C=O) groups is 1. The zero-order valence-electron chi connectivity index (χ0n) is 18.3. The Hall–Kier alpha value is -1.59. The molecule has 0 saturated heterocycles. The van der Waals surface area contributed by atoms with E-state index < -0.39 is 6.04 Å². The lowest BCUT2D eigenvalue weighted by atomic mass is 10.1. The van der Waals surface area contributed by atoms with Crippen LogP contribution in [0.4, 0.5) is 0 Å². The molecule has 0 aliphatic carbocycles. The third-order valence-electron chi connectivity index (χ3n) is 5.36. The first-order valence-corrected chi connectivity index (χ1v) is 11.6. The summed E-state index contributed by atoms with van der Waals surface area (Å²) in [6, 6.07) is 6.33. The molecule has 29 heavy (non-hydrogen) atoms. The van der Waals surface area contributed by atoms with Gasteiger partial charge in [0.15, 0.2) is 0 Å². The van der Waals surface area contributed by atoms with Crippen LogP contribution in [0.15, 0.2) is 24.3 Å². The molecule has 0 bridgehead atoms. The van der Waals surface area contributed by atoms with Gasteiger partial charge in [0.05, 0.1) is 6.61 Å². The molecule has 5 nitrogen and oxygen atoms in total. The van der Waals surface area contributed by atoms with Crippen molar-refractivity contribution in [2.45, 2.75) is 96.6 Å². The highest BCUT2D eigenvalue weighted by atomic mass is 16.3. The van der Waals surface area contributed by atoms with E-state index in [4.69, 9.17) is 0 Å². The Morgan fingerprint density at radius 1 is 0.897 bits per heavy atom. The second-order valence-electron chi connectivity index (χ2n) is 7.92. The quantitative estimate of drug-likeness (QED) is 0.267. The van der Waals surface area contributed by atoms with E-state index in [0.29, 0.717) is 18.7 Å². The lowest BCUT2D eigenvalue weighted by molar-refractivity contribution is -0.124. The molecule has 0 spiro atoms. The van der Waals surface area contributed by atoms with Crippen LogP contribution in [0.5, 0.6) is 5.75 Å². The van der Waals surface area contributed by atoms with Crippen molar-refractivity contribution in [3.63, 3.8) is 0 Å². The van der Waals surface area contributed by atoms with E-state index in [9.17, 15) is 15.0 Å². The summed E-state index contributed by atoms with van der Waals surface area (Å²) in [6.07, 6.45) is 15.5. The van der Waals surface area contributed by atoms with Crippen LogP contribution < -0.4 is 10.6 Å². The lowest BCUT2D eigenvalue weighted by Gasteiger charge is -2.16. The normalized spacial score (nSPS) is 12.1. The molecular formula is C24H42N2O3. The number of amides is 1. The van der Waals surface area contributed by atoms with E-state index in [-0.39, 0.29) is 18.3 Å². The van der Waals surface area contributed by atoms with Gasteiger partial charge in [-0.2, -0.15) is 0 Å². The molecule has 4 N–H and O–H groups in total. The van der Waals surface area contributed by atoms with E-state index in [1.54, 1.807) is 18.2 Å². The predicted octanol–water partition coefficient (Wildman–Crippen LogP) is 4.66. The molecule has 1 aromatic rings. The molecule has 0 heterocycles. The fourth-order valence-electron chi connectivity index (χ4n) is 3.43. The zero-order valence-corrected chi connectivity index (χ0v) is 18.3. The summed E-state index contributed by atoms with van der Waals surface area (Å²) in [5.74, 6) is -0.000384. The Morgan fingerprint density at radius 3 is 2.00 bits per heavy atom. The fourth-order valence-corrected chi connectivity index (χ4v) is 3.43. The molecule has 0 aliphatic rings. The molecular weight excluding hydrogens is 364 g/mol. The van der Waals surface area contributed by atoms with Gasteiger partial charge in [0.1, 0.15) is 11.8 Å². The molecule has 166 valence electrons. The number of hydrogen-bond acceptors (Lipinski definition) is 4. The summed E-state index contributed by atoms with van der Waals surface area (Å²) in [5.41, 5.74) is 0.708. The molecule has 0 aromatic heterocycles.